The Hall–Kier alpha value is -0.130. The highest BCUT2D eigenvalue weighted by molar-refractivity contribution is 7.92. The van der Waals surface area contributed by atoms with Crippen LogP contribution in [-0.2, 0) is 14.6 Å². The first-order chi connectivity index (χ1) is 7.40. The van der Waals surface area contributed by atoms with Crippen molar-refractivity contribution >= 4 is 9.84 Å². The minimum Gasteiger partial charge on any atom is -0.384 e. The second-order valence-corrected chi connectivity index (χ2v) is 7.10. The smallest absolute Gasteiger partial charge is 0.156 e. The summed E-state index contributed by atoms with van der Waals surface area (Å²) in [5, 5.41) is 2.84. The van der Waals surface area contributed by atoms with Gasteiger partial charge in [-0.3, -0.25) is 0 Å². The van der Waals surface area contributed by atoms with Gasteiger partial charge in [0.05, 0.1) is 17.6 Å². The maximum absolute atomic E-state index is 11.7. The molecule has 0 aromatic heterocycles. The molecular formula is C11H25NO3S. The zero-order valence-corrected chi connectivity index (χ0v) is 11.6. The predicted octanol–water partition coefficient (Wildman–Crippen LogP) is 1.07. The molecule has 0 aliphatic heterocycles. The van der Waals surface area contributed by atoms with Gasteiger partial charge in [-0.2, -0.15) is 0 Å². The highest BCUT2D eigenvalue weighted by Crippen LogP contribution is 2.02. The van der Waals surface area contributed by atoms with Gasteiger partial charge in [-0.1, -0.05) is 13.8 Å². The molecule has 0 heterocycles. The number of hydrogen-bond acceptors (Lipinski definition) is 4. The van der Waals surface area contributed by atoms with Crippen LogP contribution in [0.2, 0.25) is 0 Å². The quantitative estimate of drug-likeness (QED) is 0.623. The third-order valence-corrected chi connectivity index (χ3v) is 4.64. The zero-order chi connectivity index (χ0) is 12.6. The van der Waals surface area contributed by atoms with E-state index in [4.69, 9.17) is 4.74 Å². The van der Waals surface area contributed by atoms with Crippen LogP contribution in [0.25, 0.3) is 0 Å². The molecule has 0 bridgehead atoms. The van der Waals surface area contributed by atoms with Gasteiger partial charge >= 0.3 is 0 Å². The predicted molar refractivity (Wildman–Crippen MR) is 67.4 cm³/mol. The van der Waals surface area contributed by atoms with Crippen molar-refractivity contribution in [3.05, 3.63) is 0 Å². The third kappa shape index (κ3) is 7.19. The van der Waals surface area contributed by atoms with Crippen molar-refractivity contribution in [2.24, 2.45) is 5.92 Å². The van der Waals surface area contributed by atoms with Crippen molar-refractivity contribution in [2.45, 2.75) is 32.4 Å². The lowest BCUT2D eigenvalue weighted by molar-refractivity contribution is 0.217. The minimum atomic E-state index is -3.01. The number of hydrogen-bond donors (Lipinski definition) is 1. The topological polar surface area (TPSA) is 55.4 Å². The first-order valence-corrected chi connectivity index (χ1v) is 7.53. The summed E-state index contributed by atoms with van der Waals surface area (Å²) < 4.78 is 28.2. The summed E-state index contributed by atoms with van der Waals surface area (Å²) in [7, 11) is -1.50. The molecule has 4 nitrogen and oxygen atoms in total. The molecule has 0 aromatic rings. The Balaban J connectivity index is 3.82. The molecular weight excluding hydrogens is 226 g/mol. The zero-order valence-electron chi connectivity index (χ0n) is 10.8. The maximum Gasteiger partial charge on any atom is 0.156 e. The van der Waals surface area contributed by atoms with E-state index in [-0.39, 0.29) is 17.6 Å². The first kappa shape index (κ1) is 15.9. The van der Waals surface area contributed by atoms with Gasteiger partial charge in [0.25, 0.3) is 0 Å². The van der Waals surface area contributed by atoms with Crippen molar-refractivity contribution in [2.75, 3.05) is 32.6 Å². The molecule has 0 fully saturated rings. The molecule has 0 aromatic carbocycles. The standard InChI is InChI=1S/C11H25NO3S/c1-10(2)5-6-12-9-11(3)16(13,14)8-7-15-4/h10-12H,5-9H2,1-4H3. The van der Waals surface area contributed by atoms with E-state index >= 15 is 0 Å². The van der Waals surface area contributed by atoms with Gasteiger partial charge in [0.15, 0.2) is 9.84 Å². The lowest BCUT2D eigenvalue weighted by atomic mass is 10.1. The van der Waals surface area contributed by atoms with E-state index in [0.717, 1.165) is 13.0 Å². The second-order valence-electron chi connectivity index (χ2n) is 4.56. The maximum atomic E-state index is 11.7. The monoisotopic (exact) mass is 251 g/mol. The lowest BCUT2D eigenvalue weighted by Crippen LogP contribution is -2.34. The van der Waals surface area contributed by atoms with Crippen LogP contribution in [0.15, 0.2) is 0 Å². The van der Waals surface area contributed by atoms with Crippen LogP contribution in [0.3, 0.4) is 0 Å². The Bertz CT molecular complexity index is 262. The van der Waals surface area contributed by atoms with E-state index in [1.165, 1.54) is 7.11 Å². The molecule has 0 spiro atoms. The molecule has 0 aliphatic carbocycles. The fraction of sp³-hybridized carbons (Fsp3) is 1.00. The fourth-order valence-electron chi connectivity index (χ4n) is 1.22. The van der Waals surface area contributed by atoms with Crippen LogP contribution in [-0.4, -0.2) is 46.2 Å². The summed E-state index contributed by atoms with van der Waals surface area (Å²) in [5.74, 6) is 0.754. The van der Waals surface area contributed by atoms with Gasteiger partial charge in [-0.25, -0.2) is 8.42 Å². The Morgan fingerprint density at radius 2 is 1.88 bits per heavy atom. The van der Waals surface area contributed by atoms with E-state index in [1.807, 2.05) is 0 Å². The van der Waals surface area contributed by atoms with Crippen molar-refractivity contribution < 1.29 is 13.2 Å². The van der Waals surface area contributed by atoms with Crippen LogP contribution in [0.1, 0.15) is 27.2 Å². The Morgan fingerprint density at radius 1 is 1.25 bits per heavy atom. The third-order valence-electron chi connectivity index (χ3n) is 2.52. The molecule has 5 heteroatoms. The Kier molecular flexibility index (Phi) is 7.97. The van der Waals surface area contributed by atoms with Gasteiger partial charge in [0.1, 0.15) is 0 Å². The molecule has 0 radical (unpaired) electrons. The van der Waals surface area contributed by atoms with Gasteiger partial charge in [-0.15, -0.1) is 0 Å². The molecule has 0 saturated heterocycles. The largest absolute Gasteiger partial charge is 0.384 e. The highest BCUT2D eigenvalue weighted by Gasteiger charge is 2.19. The minimum absolute atomic E-state index is 0.108. The number of sulfone groups is 1. The second kappa shape index (κ2) is 8.03. The van der Waals surface area contributed by atoms with Crippen LogP contribution in [0.5, 0.6) is 0 Å². The number of methoxy groups -OCH3 is 1. The summed E-state index contributed by atoms with van der Waals surface area (Å²) in [6.07, 6.45) is 1.07. The number of nitrogens with one attached hydrogen (secondary N) is 1. The van der Waals surface area contributed by atoms with E-state index in [0.29, 0.717) is 12.5 Å². The van der Waals surface area contributed by atoms with Crippen LogP contribution >= 0.6 is 0 Å². The molecule has 16 heavy (non-hydrogen) atoms. The Morgan fingerprint density at radius 3 is 2.38 bits per heavy atom. The molecule has 0 aliphatic rings. The number of ether oxygens (including phenoxy) is 1. The van der Waals surface area contributed by atoms with E-state index in [2.05, 4.69) is 19.2 Å². The van der Waals surface area contributed by atoms with Crippen LogP contribution in [0.4, 0.5) is 0 Å². The average molecular weight is 251 g/mol. The molecule has 1 unspecified atom stereocenters. The molecule has 0 rings (SSSR count). The summed E-state index contributed by atoms with van der Waals surface area (Å²) in [5.41, 5.74) is 0. The van der Waals surface area contributed by atoms with Crippen LogP contribution < -0.4 is 5.32 Å². The van der Waals surface area contributed by atoms with Gasteiger partial charge < -0.3 is 10.1 Å². The summed E-state index contributed by atoms with van der Waals surface area (Å²) in [4.78, 5) is 0. The van der Waals surface area contributed by atoms with Crippen molar-refractivity contribution in [1.82, 2.24) is 5.32 Å². The van der Waals surface area contributed by atoms with Crippen molar-refractivity contribution in [3.8, 4) is 0 Å². The fourth-order valence-corrected chi connectivity index (χ4v) is 2.40. The lowest BCUT2D eigenvalue weighted by Gasteiger charge is -2.14. The number of rotatable bonds is 9. The summed E-state index contributed by atoms with van der Waals surface area (Å²) in [6, 6.07) is 0. The van der Waals surface area contributed by atoms with E-state index in [1.54, 1.807) is 6.92 Å². The van der Waals surface area contributed by atoms with Crippen molar-refractivity contribution in [1.29, 1.82) is 0 Å². The van der Waals surface area contributed by atoms with Gasteiger partial charge in [0, 0.05) is 13.7 Å². The molecule has 1 atom stereocenters. The molecule has 1 N–H and O–H groups in total. The molecule has 98 valence electrons. The summed E-state index contributed by atoms with van der Waals surface area (Å²) >= 11 is 0. The van der Waals surface area contributed by atoms with Crippen LogP contribution in [0, 0.1) is 5.92 Å². The van der Waals surface area contributed by atoms with Gasteiger partial charge in [0.2, 0.25) is 0 Å². The molecule has 0 saturated carbocycles. The normalized spacial score (nSPS) is 14.3. The molecule has 0 amide bonds. The van der Waals surface area contributed by atoms with Crippen molar-refractivity contribution in [3.63, 3.8) is 0 Å². The van der Waals surface area contributed by atoms with Gasteiger partial charge in [-0.05, 0) is 25.8 Å². The highest BCUT2D eigenvalue weighted by atomic mass is 32.2. The van der Waals surface area contributed by atoms with E-state index in [9.17, 15) is 8.42 Å². The van der Waals surface area contributed by atoms with E-state index < -0.39 is 9.84 Å². The summed E-state index contributed by atoms with van der Waals surface area (Å²) in [6.45, 7) is 7.73. The SMILES string of the molecule is COCCS(=O)(=O)C(C)CNCCC(C)C. The Labute approximate surface area is 99.7 Å². The first-order valence-electron chi connectivity index (χ1n) is 5.81. The average Bonchev–Trinajstić information content (AvgIpc) is 2.20.